The molecular weight excluding hydrogens is 361 g/mol. The summed E-state index contributed by atoms with van der Waals surface area (Å²) in [5.41, 5.74) is 3.05. The Morgan fingerprint density at radius 1 is 1.00 bits per heavy atom. The van der Waals surface area contributed by atoms with Gasteiger partial charge in [-0.2, -0.15) is 0 Å². The highest BCUT2D eigenvalue weighted by Gasteiger charge is 2.12. The second-order valence-electron chi connectivity index (χ2n) is 6.59. The second-order valence-corrected chi connectivity index (χ2v) is 6.99. The van der Waals surface area contributed by atoms with Gasteiger partial charge in [-0.05, 0) is 61.6 Å². The van der Waals surface area contributed by atoms with Gasteiger partial charge >= 0.3 is 0 Å². The van der Waals surface area contributed by atoms with Gasteiger partial charge < -0.3 is 9.88 Å². The van der Waals surface area contributed by atoms with Crippen molar-refractivity contribution in [2.45, 2.75) is 19.3 Å². The lowest BCUT2D eigenvalue weighted by atomic mass is 10.1. The molecule has 0 spiro atoms. The highest BCUT2D eigenvalue weighted by molar-refractivity contribution is 6.33. The molecule has 1 fully saturated rings. The minimum atomic E-state index is -0.412. The molecular formula is C22H19ClFN3. The van der Waals surface area contributed by atoms with Gasteiger partial charge in [0.1, 0.15) is 17.3 Å². The molecule has 2 aromatic carbocycles. The third-order valence-electron chi connectivity index (χ3n) is 4.71. The quantitative estimate of drug-likeness (QED) is 0.616. The normalized spacial score (nSPS) is 13.9. The number of rotatable bonds is 2. The standard InChI is InChI=1S/C22H19ClFN3/c23-19-5-4-6-20(24)21(19)22-25-15-17(26-22)10-7-16-8-11-18(12-9-16)27-13-2-1-3-14-27/h4-6,8-9,11-12,15H,1-3,13-14H2,(H,25,26). The van der Waals surface area contributed by atoms with Gasteiger partial charge in [-0.1, -0.05) is 23.6 Å². The van der Waals surface area contributed by atoms with Crippen LogP contribution in [0.15, 0.2) is 48.7 Å². The van der Waals surface area contributed by atoms with Crippen molar-refractivity contribution >= 4 is 17.3 Å². The van der Waals surface area contributed by atoms with E-state index >= 15 is 0 Å². The molecule has 1 N–H and O–H groups in total. The van der Waals surface area contributed by atoms with Crippen LogP contribution in [0.1, 0.15) is 30.5 Å². The summed E-state index contributed by atoms with van der Waals surface area (Å²) >= 11 is 6.09. The molecule has 1 saturated heterocycles. The summed E-state index contributed by atoms with van der Waals surface area (Å²) in [6, 6.07) is 12.9. The van der Waals surface area contributed by atoms with Crippen molar-refractivity contribution in [1.29, 1.82) is 0 Å². The number of imidazole rings is 1. The van der Waals surface area contributed by atoms with E-state index in [1.165, 1.54) is 31.0 Å². The molecule has 136 valence electrons. The van der Waals surface area contributed by atoms with Crippen LogP contribution in [0.25, 0.3) is 11.4 Å². The number of aromatic nitrogens is 2. The van der Waals surface area contributed by atoms with E-state index in [2.05, 4.69) is 38.8 Å². The number of halogens is 2. The van der Waals surface area contributed by atoms with Crippen molar-refractivity contribution in [3.8, 4) is 23.2 Å². The number of piperidine rings is 1. The predicted molar refractivity (Wildman–Crippen MR) is 107 cm³/mol. The number of benzene rings is 2. The van der Waals surface area contributed by atoms with Crippen molar-refractivity contribution in [1.82, 2.24) is 9.97 Å². The monoisotopic (exact) mass is 379 g/mol. The molecule has 5 heteroatoms. The fourth-order valence-corrected chi connectivity index (χ4v) is 3.54. The summed E-state index contributed by atoms with van der Waals surface area (Å²) in [5, 5.41) is 0.317. The SMILES string of the molecule is Fc1cccc(Cl)c1-c1ncc(C#Cc2ccc(N3CCCCC3)cc2)[nH]1. The summed E-state index contributed by atoms with van der Waals surface area (Å²) in [5.74, 6) is 6.13. The molecule has 27 heavy (non-hydrogen) atoms. The van der Waals surface area contributed by atoms with E-state index in [-0.39, 0.29) is 5.56 Å². The minimum absolute atomic E-state index is 0.262. The summed E-state index contributed by atoms with van der Waals surface area (Å²) in [6.45, 7) is 2.25. The molecule has 1 aliphatic rings. The van der Waals surface area contributed by atoms with Crippen LogP contribution in [0.2, 0.25) is 5.02 Å². The van der Waals surface area contributed by atoms with Crippen molar-refractivity contribution < 1.29 is 4.39 Å². The van der Waals surface area contributed by atoms with Crippen molar-refractivity contribution in [2.24, 2.45) is 0 Å². The van der Waals surface area contributed by atoms with Gasteiger partial charge in [0.05, 0.1) is 16.8 Å². The van der Waals surface area contributed by atoms with Gasteiger partial charge in [0, 0.05) is 24.3 Å². The van der Waals surface area contributed by atoms with Crippen molar-refractivity contribution in [3.05, 3.63) is 70.8 Å². The third kappa shape index (κ3) is 3.99. The Bertz CT molecular complexity index is 972. The number of H-pyrrole nitrogens is 1. The van der Waals surface area contributed by atoms with Gasteiger partial charge in [-0.15, -0.1) is 0 Å². The molecule has 4 rings (SSSR count). The van der Waals surface area contributed by atoms with E-state index in [1.807, 2.05) is 12.1 Å². The number of nitrogens with zero attached hydrogens (tertiary/aromatic N) is 2. The molecule has 0 amide bonds. The maximum atomic E-state index is 14.0. The number of aromatic amines is 1. The Labute approximate surface area is 163 Å². The summed E-state index contributed by atoms with van der Waals surface area (Å²) < 4.78 is 14.0. The molecule has 2 heterocycles. The fourth-order valence-electron chi connectivity index (χ4n) is 3.28. The predicted octanol–water partition coefficient (Wildman–Crippen LogP) is 5.26. The molecule has 0 radical (unpaired) electrons. The van der Waals surface area contributed by atoms with Gasteiger partial charge in [-0.25, -0.2) is 9.37 Å². The topological polar surface area (TPSA) is 31.9 Å². The molecule has 0 saturated carbocycles. The van der Waals surface area contributed by atoms with Crippen LogP contribution in [0.3, 0.4) is 0 Å². The molecule has 0 bridgehead atoms. The van der Waals surface area contributed by atoms with E-state index < -0.39 is 5.82 Å². The van der Waals surface area contributed by atoms with Crippen LogP contribution in [0.5, 0.6) is 0 Å². The van der Waals surface area contributed by atoms with Crippen LogP contribution >= 0.6 is 11.6 Å². The number of nitrogens with one attached hydrogen (secondary N) is 1. The Morgan fingerprint density at radius 3 is 2.52 bits per heavy atom. The number of hydrogen-bond donors (Lipinski definition) is 1. The molecule has 1 aliphatic heterocycles. The largest absolute Gasteiger partial charge is 0.372 e. The average molecular weight is 380 g/mol. The minimum Gasteiger partial charge on any atom is -0.372 e. The van der Waals surface area contributed by atoms with E-state index in [1.54, 1.807) is 18.3 Å². The maximum absolute atomic E-state index is 14.0. The first-order valence-corrected chi connectivity index (χ1v) is 9.45. The van der Waals surface area contributed by atoms with Crippen LogP contribution in [-0.2, 0) is 0 Å². The smallest absolute Gasteiger partial charge is 0.142 e. The van der Waals surface area contributed by atoms with Gasteiger partial charge in [-0.3, -0.25) is 0 Å². The van der Waals surface area contributed by atoms with E-state index in [9.17, 15) is 4.39 Å². The number of anilines is 1. The lowest BCUT2D eigenvalue weighted by molar-refractivity contribution is 0.578. The molecule has 3 aromatic rings. The molecule has 3 nitrogen and oxygen atoms in total. The number of hydrogen-bond acceptors (Lipinski definition) is 2. The van der Waals surface area contributed by atoms with E-state index in [4.69, 9.17) is 11.6 Å². The Morgan fingerprint density at radius 2 is 1.78 bits per heavy atom. The van der Waals surface area contributed by atoms with Gasteiger partial charge in [0.25, 0.3) is 0 Å². The lowest BCUT2D eigenvalue weighted by Crippen LogP contribution is -2.29. The Hall–Kier alpha value is -2.77. The molecule has 1 aromatic heterocycles. The zero-order valence-electron chi connectivity index (χ0n) is 14.8. The van der Waals surface area contributed by atoms with Crippen LogP contribution < -0.4 is 4.90 Å². The Balaban J connectivity index is 1.51. The second kappa shape index (κ2) is 7.85. The van der Waals surface area contributed by atoms with Gasteiger partial charge in [0.2, 0.25) is 0 Å². The van der Waals surface area contributed by atoms with Crippen LogP contribution in [0.4, 0.5) is 10.1 Å². The van der Waals surface area contributed by atoms with E-state index in [0.717, 1.165) is 18.7 Å². The maximum Gasteiger partial charge on any atom is 0.142 e. The lowest BCUT2D eigenvalue weighted by Gasteiger charge is -2.28. The first-order valence-electron chi connectivity index (χ1n) is 9.07. The first kappa shape index (κ1) is 17.6. The highest BCUT2D eigenvalue weighted by Crippen LogP contribution is 2.28. The van der Waals surface area contributed by atoms with E-state index in [0.29, 0.717) is 16.5 Å². The zero-order chi connectivity index (χ0) is 18.6. The summed E-state index contributed by atoms with van der Waals surface area (Å²) in [6.07, 6.45) is 5.43. The average Bonchev–Trinajstić information content (AvgIpc) is 3.16. The third-order valence-corrected chi connectivity index (χ3v) is 5.02. The van der Waals surface area contributed by atoms with Crippen LogP contribution in [-0.4, -0.2) is 23.1 Å². The highest BCUT2D eigenvalue weighted by atomic mass is 35.5. The molecule has 0 unspecified atom stereocenters. The van der Waals surface area contributed by atoms with Crippen molar-refractivity contribution in [3.63, 3.8) is 0 Å². The summed E-state index contributed by atoms with van der Waals surface area (Å²) in [4.78, 5) is 9.65. The molecule has 0 atom stereocenters. The zero-order valence-corrected chi connectivity index (χ0v) is 15.6. The Kier molecular flexibility index (Phi) is 5.13. The fraction of sp³-hybridized carbons (Fsp3) is 0.227. The van der Waals surface area contributed by atoms with Gasteiger partial charge in [0.15, 0.2) is 0 Å². The summed E-state index contributed by atoms with van der Waals surface area (Å²) in [7, 11) is 0. The van der Waals surface area contributed by atoms with Crippen LogP contribution in [0, 0.1) is 17.7 Å². The molecule has 0 aliphatic carbocycles. The first-order chi connectivity index (χ1) is 13.2. The van der Waals surface area contributed by atoms with Crippen molar-refractivity contribution in [2.75, 3.05) is 18.0 Å².